The SMILES string of the molecule is Cc1noc(C)c1-c1cnc2c(c1)nc([C@@H]1CCCC(=O)N1)n2C1CCC(O)CC1. The Labute approximate surface area is 174 Å². The number of aliphatic hydroxyl groups is 1. The molecule has 0 radical (unpaired) electrons. The quantitative estimate of drug-likeness (QED) is 0.686. The van der Waals surface area contributed by atoms with Crippen molar-refractivity contribution in [2.45, 2.75) is 77.0 Å². The Balaban J connectivity index is 1.62. The minimum Gasteiger partial charge on any atom is -0.393 e. The molecule has 8 nitrogen and oxygen atoms in total. The molecule has 2 fully saturated rings. The summed E-state index contributed by atoms with van der Waals surface area (Å²) in [6, 6.07) is 2.16. The molecule has 1 saturated carbocycles. The largest absolute Gasteiger partial charge is 0.393 e. The summed E-state index contributed by atoms with van der Waals surface area (Å²) in [5.74, 6) is 1.71. The number of nitrogens with zero attached hydrogens (tertiary/aromatic N) is 4. The van der Waals surface area contributed by atoms with Crippen LogP contribution in [0.15, 0.2) is 16.8 Å². The number of fused-ring (bicyclic) bond motifs is 1. The molecular weight excluding hydrogens is 382 g/mol. The average molecular weight is 409 g/mol. The molecule has 30 heavy (non-hydrogen) atoms. The molecule has 3 aromatic rings. The van der Waals surface area contributed by atoms with Crippen LogP contribution in [0.1, 0.15) is 74.3 Å². The van der Waals surface area contributed by atoms with Gasteiger partial charge in [0.25, 0.3) is 0 Å². The maximum atomic E-state index is 12.1. The molecule has 3 aromatic heterocycles. The number of rotatable bonds is 3. The number of hydrogen-bond donors (Lipinski definition) is 2. The minimum absolute atomic E-state index is 0.0771. The average Bonchev–Trinajstić information content (AvgIpc) is 3.28. The maximum Gasteiger partial charge on any atom is 0.220 e. The van der Waals surface area contributed by atoms with Crippen molar-refractivity contribution in [1.82, 2.24) is 25.0 Å². The molecule has 1 aliphatic heterocycles. The lowest BCUT2D eigenvalue weighted by Gasteiger charge is -2.30. The van der Waals surface area contributed by atoms with Gasteiger partial charge in [0.05, 0.1) is 17.8 Å². The van der Waals surface area contributed by atoms with Crippen molar-refractivity contribution >= 4 is 17.1 Å². The number of amides is 1. The van der Waals surface area contributed by atoms with Gasteiger partial charge in [0.2, 0.25) is 5.91 Å². The fourth-order valence-electron chi connectivity index (χ4n) is 4.95. The van der Waals surface area contributed by atoms with Gasteiger partial charge < -0.3 is 19.5 Å². The highest BCUT2D eigenvalue weighted by atomic mass is 16.5. The van der Waals surface area contributed by atoms with Gasteiger partial charge in [-0.2, -0.15) is 0 Å². The number of aliphatic hydroxyl groups excluding tert-OH is 1. The highest BCUT2D eigenvalue weighted by Gasteiger charge is 2.31. The van der Waals surface area contributed by atoms with Gasteiger partial charge in [-0.05, 0) is 58.4 Å². The monoisotopic (exact) mass is 409 g/mol. The molecule has 1 saturated heterocycles. The van der Waals surface area contributed by atoms with Gasteiger partial charge in [-0.1, -0.05) is 5.16 Å². The van der Waals surface area contributed by atoms with Crippen LogP contribution in [-0.4, -0.2) is 36.8 Å². The number of aromatic nitrogens is 4. The summed E-state index contributed by atoms with van der Waals surface area (Å²) in [5.41, 5.74) is 4.36. The van der Waals surface area contributed by atoms with Gasteiger partial charge in [-0.25, -0.2) is 9.97 Å². The minimum atomic E-state index is -0.229. The number of pyridine rings is 1. The van der Waals surface area contributed by atoms with E-state index in [0.29, 0.717) is 6.42 Å². The molecule has 4 heterocycles. The Morgan fingerprint density at radius 3 is 2.70 bits per heavy atom. The first-order chi connectivity index (χ1) is 14.5. The van der Waals surface area contributed by atoms with Crippen molar-refractivity contribution in [3.8, 4) is 11.1 Å². The lowest BCUT2D eigenvalue weighted by molar-refractivity contribution is -0.123. The molecule has 8 heteroatoms. The first-order valence-electron chi connectivity index (χ1n) is 10.8. The van der Waals surface area contributed by atoms with Crippen molar-refractivity contribution < 1.29 is 14.4 Å². The van der Waals surface area contributed by atoms with E-state index in [9.17, 15) is 9.90 Å². The molecule has 0 aromatic carbocycles. The van der Waals surface area contributed by atoms with Crippen LogP contribution in [0.4, 0.5) is 0 Å². The summed E-state index contributed by atoms with van der Waals surface area (Å²) >= 11 is 0. The van der Waals surface area contributed by atoms with Crippen LogP contribution in [0.2, 0.25) is 0 Å². The van der Waals surface area contributed by atoms with E-state index in [1.165, 1.54) is 0 Å². The normalized spacial score (nSPS) is 24.9. The molecule has 158 valence electrons. The third-order valence-corrected chi connectivity index (χ3v) is 6.45. The molecule has 0 spiro atoms. The van der Waals surface area contributed by atoms with E-state index in [2.05, 4.69) is 15.0 Å². The molecule has 5 rings (SSSR count). The Hall–Kier alpha value is -2.74. The van der Waals surface area contributed by atoms with Crippen molar-refractivity contribution in [3.63, 3.8) is 0 Å². The van der Waals surface area contributed by atoms with E-state index in [1.807, 2.05) is 26.1 Å². The standard InChI is InChI=1S/C22H27N5O3/c1-12-20(13(2)30-26-12)14-10-18-21(23-11-14)27(15-6-8-16(28)9-7-15)22(25-18)17-4-3-5-19(29)24-17/h10-11,15-17,28H,3-9H2,1-2H3,(H,24,29)/t15?,16?,17-/m0/s1. The molecule has 2 N–H and O–H groups in total. The highest BCUT2D eigenvalue weighted by Crippen LogP contribution is 2.37. The van der Waals surface area contributed by atoms with Crippen molar-refractivity contribution in [3.05, 3.63) is 29.5 Å². The van der Waals surface area contributed by atoms with Crippen molar-refractivity contribution in [2.24, 2.45) is 0 Å². The zero-order valence-electron chi connectivity index (χ0n) is 17.4. The second kappa shape index (κ2) is 7.50. The van der Waals surface area contributed by atoms with E-state index < -0.39 is 0 Å². The number of nitrogens with one attached hydrogen (secondary N) is 1. The van der Waals surface area contributed by atoms with E-state index in [0.717, 1.165) is 78.1 Å². The number of hydrogen-bond acceptors (Lipinski definition) is 6. The lowest BCUT2D eigenvalue weighted by atomic mass is 9.92. The van der Waals surface area contributed by atoms with Crippen LogP contribution in [0.5, 0.6) is 0 Å². The number of piperidine rings is 1. The molecule has 1 amide bonds. The van der Waals surface area contributed by atoms with E-state index in [-0.39, 0.29) is 24.1 Å². The molecule has 0 bridgehead atoms. The lowest BCUT2D eigenvalue weighted by Crippen LogP contribution is -2.35. The van der Waals surface area contributed by atoms with Crippen LogP contribution >= 0.6 is 0 Å². The van der Waals surface area contributed by atoms with Crippen LogP contribution < -0.4 is 5.32 Å². The van der Waals surface area contributed by atoms with E-state index in [4.69, 9.17) is 14.5 Å². The number of aryl methyl sites for hydroxylation is 2. The Kier molecular flexibility index (Phi) is 4.81. The number of carbonyl (C=O) groups is 1. The number of carbonyl (C=O) groups excluding carboxylic acids is 1. The Morgan fingerprint density at radius 2 is 2.00 bits per heavy atom. The molecular formula is C22H27N5O3. The molecule has 1 atom stereocenters. The fraction of sp³-hybridized carbons (Fsp3) is 0.545. The second-order valence-electron chi connectivity index (χ2n) is 8.58. The van der Waals surface area contributed by atoms with Gasteiger partial charge in [0, 0.05) is 29.8 Å². The maximum absolute atomic E-state index is 12.1. The Bertz CT molecular complexity index is 1070. The summed E-state index contributed by atoms with van der Waals surface area (Å²) in [4.78, 5) is 21.8. The van der Waals surface area contributed by atoms with Crippen LogP contribution in [0.25, 0.3) is 22.3 Å². The van der Waals surface area contributed by atoms with Gasteiger partial charge in [0.15, 0.2) is 5.65 Å². The third kappa shape index (κ3) is 3.29. The predicted molar refractivity (Wildman–Crippen MR) is 111 cm³/mol. The summed E-state index contributed by atoms with van der Waals surface area (Å²) < 4.78 is 7.55. The van der Waals surface area contributed by atoms with Crippen LogP contribution in [-0.2, 0) is 4.79 Å². The first kappa shape index (κ1) is 19.2. The first-order valence-corrected chi connectivity index (χ1v) is 10.8. The smallest absolute Gasteiger partial charge is 0.220 e. The predicted octanol–water partition coefficient (Wildman–Crippen LogP) is 3.52. The summed E-state index contributed by atoms with van der Waals surface area (Å²) in [6.07, 6.45) is 7.25. The van der Waals surface area contributed by atoms with Crippen LogP contribution in [0.3, 0.4) is 0 Å². The van der Waals surface area contributed by atoms with Gasteiger partial charge in [-0.3, -0.25) is 4.79 Å². The van der Waals surface area contributed by atoms with Crippen LogP contribution in [0, 0.1) is 13.8 Å². The van der Waals surface area contributed by atoms with E-state index >= 15 is 0 Å². The molecule has 2 aliphatic rings. The van der Waals surface area contributed by atoms with Gasteiger partial charge >= 0.3 is 0 Å². The second-order valence-corrected chi connectivity index (χ2v) is 8.58. The van der Waals surface area contributed by atoms with Crippen molar-refractivity contribution in [2.75, 3.05) is 0 Å². The molecule has 1 aliphatic carbocycles. The number of imidazole rings is 1. The Morgan fingerprint density at radius 1 is 1.20 bits per heavy atom. The summed E-state index contributed by atoms with van der Waals surface area (Å²) in [5, 5.41) is 17.1. The van der Waals surface area contributed by atoms with E-state index in [1.54, 1.807) is 0 Å². The fourth-order valence-corrected chi connectivity index (χ4v) is 4.95. The highest BCUT2D eigenvalue weighted by molar-refractivity contribution is 5.81. The summed E-state index contributed by atoms with van der Waals surface area (Å²) in [7, 11) is 0. The topological polar surface area (TPSA) is 106 Å². The zero-order chi connectivity index (χ0) is 20.8. The summed E-state index contributed by atoms with van der Waals surface area (Å²) in [6.45, 7) is 3.82. The third-order valence-electron chi connectivity index (χ3n) is 6.45. The van der Waals surface area contributed by atoms with Crippen molar-refractivity contribution in [1.29, 1.82) is 0 Å². The molecule has 0 unspecified atom stereocenters. The van der Waals surface area contributed by atoms with Gasteiger partial charge in [0.1, 0.15) is 17.1 Å². The van der Waals surface area contributed by atoms with Gasteiger partial charge in [-0.15, -0.1) is 0 Å². The zero-order valence-corrected chi connectivity index (χ0v) is 17.4.